The molecule has 0 atom stereocenters. The summed E-state index contributed by atoms with van der Waals surface area (Å²) in [5, 5.41) is 0. The Bertz CT molecular complexity index is 840. The van der Waals surface area contributed by atoms with Gasteiger partial charge in [0.25, 0.3) is 5.91 Å². The largest absolute Gasteiger partial charge is 0.336 e. The van der Waals surface area contributed by atoms with Gasteiger partial charge in [0.05, 0.1) is 4.90 Å². The zero-order valence-corrected chi connectivity index (χ0v) is 15.8. The quantitative estimate of drug-likeness (QED) is 0.811. The van der Waals surface area contributed by atoms with Crippen molar-refractivity contribution in [2.24, 2.45) is 0 Å². The smallest absolute Gasteiger partial charge is 0.253 e. The van der Waals surface area contributed by atoms with E-state index in [9.17, 15) is 13.2 Å². The molecule has 6 heteroatoms. The molecule has 0 spiro atoms. The number of hydrogen-bond acceptors (Lipinski definition) is 3. The molecular formula is C20H24N2O3S. The lowest BCUT2D eigenvalue weighted by Gasteiger charge is -2.34. The van der Waals surface area contributed by atoms with Gasteiger partial charge in [0.15, 0.2) is 0 Å². The number of carbonyl (C=O) groups excluding carboxylic acids is 1. The van der Waals surface area contributed by atoms with E-state index in [1.807, 2.05) is 24.3 Å². The van der Waals surface area contributed by atoms with Crippen molar-refractivity contribution in [3.05, 3.63) is 65.7 Å². The Morgan fingerprint density at radius 1 is 0.923 bits per heavy atom. The van der Waals surface area contributed by atoms with Crippen LogP contribution in [0.5, 0.6) is 0 Å². The number of nitrogens with zero attached hydrogens (tertiary/aromatic N) is 2. The minimum absolute atomic E-state index is 0.0372. The predicted molar refractivity (Wildman–Crippen MR) is 102 cm³/mol. The van der Waals surface area contributed by atoms with Gasteiger partial charge < -0.3 is 4.90 Å². The lowest BCUT2D eigenvalue weighted by Crippen LogP contribution is -2.50. The van der Waals surface area contributed by atoms with Crippen LogP contribution < -0.4 is 0 Å². The third kappa shape index (κ3) is 3.97. The number of hydrogen-bond donors (Lipinski definition) is 0. The van der Waals surface area contributed by atoms with Crippen LogP contribution in [-0.4, -0.2) is 49.7 Å². The summed E-state index contributed by atoms with van der Waals surface area (Å²) in [6.45, 7) is 3.57. The molecular weight excluding hydrogens is 348 g/mol. The average Bonchev–Trinajstić information content (AvgIpc) is 2.69. The fraction of sp³-hybridized carbons (Fsp3) is 0.350. The van der Waals surface area contributed by atoms with E-state index in [-0.39, 0.29) is 5.91 Å². The summed E-state index contributed by atoms with van der Waals surface area (Å²) in [5.74, 6) is -0.0372. The van der Waals surface area contributed by atoms with Crippen molar-refractivity contribution < 1.29 is 13.2 Å². The molecule has 0 aromatic heterocycles. The minimum atomic E-state index is -3.49. The second kappa shape index (κ2) is 8.01. The topological polar surface area (TPSA) is 57.7 Å². The van der Waals surface area contributed by atoms with Crippen LogP contribution in [0.4, 0.5) is 0 Å². The highest BCUT2D eigenvalue weighted by atomic mass is 32.2. The molecule has 1 heterocycles. The molecule has 0 aliphatic carbocycles. The van der Waals surface area contributed by atoms with E-state index < -0.39 is 10.0 Å². The number of amides is 1. The van der Waals surface area contributed by atoms with Crippen molar-refractivity contribution in [1.82, 2.24) is 9.21 Å². The number of benzene rings is 2. The van der Waals surface area contributed by atoms with Crippen molar-refractivity contribution in [1.29, 1.82) is 0 Å². The fourth-order valence-corrected chi connectivity index (χ4v) is 4.60. The molecule has 1 aliphatic heterocycles. The molecule has 2 aromatic rings. The van der Waals surface area contributed by atoms with Crippen molar-refractivity contribution >= 4 is 15.9 Å². The Hall–Kier alpha value is -2.18. The van der Waals surface area contributed by atoms with Crippen LogP contribution in [-0.2, 0) is 16.4 Å². The molecule has 26 heavy (non-hydrogen) atoms. The molecule has 1 saturated heterocycles. The Kier molecular flexibility index (Phi) is 5.74. The molecule has 138 valence electrons. The van der Waals surface area contributed by atoms with E-state index in [1.54, 1.807) is 35.2 Å². The molecule has 2 aromatic carbocycles. The van der Waals surface area contributed by atoms with Crippen LogP contribution in [0.3, 0.4) is 0 Å². The molecule has 5 nitrogen and oxygen atoms in total. The molecule has 0 N–H and O–H groups in total. The first-order chi connectivity index (χ1) is 12.5. The highest BCUT2D eigenvalue weighted by molar-refractivity contribution is 7.89. The second-order valence-electron chi connectivity index (χ2n) is 6.46. The van der Waals surface area contributed by atoms with Crippen molar-refractivity contribution in [2.45, 2.75) is 24.7 Å². The number of piperazine rings is 1. The van der Waals surface area contributed by atoms with Gasteiger partial charge in [0, 0.05) is 31.7 Å². The van der Waals surface area contributed by atoms with Crippen LogP contribution in [0, 0.1) is 0 Å². The van der Waals surface area contributed by atoms with Crippen LogP contribution in [0.25, 0.3) is 0 Å². The maximum atomic E-state index is 12.7. The van der Waals surface area contributed by atoms with E-state index in [1.165, 1.54) is 9.87 Å². The Labute approximate surface area is 155 Å². The summed E-state index contributed by atoms with van der Waals surface area (Å²) in [7, 11) is -3.49. The Morgan fingerprint density at radius 3 is 2.12 bits per heavy atom. The molecule has 0 radical (unpaired) electrons. The van der Waals surface area contributed by atoms with Gasteiger partial charge in [-0.15, -0.1) is 0 Å². The maximum absolute atomic E-state index is 12.7. The SMILES string of the molecule is CCCc1ccc(C(=O)N2CCN(S(=O)(=O)c3ccccc3)CC2)cc1. The molecule has 1 amide bonds. The van der Waals surface area contributed by atoms with E-state index in [2.05, 4.69) is 6.92 Å². The predicted octanol–water partition coefficient (Wildman–Crippen LogP) is 2.79. The summed E-state index contributed by atoms with van der Waals surface area (Å²) >= 11 is 0. The molecule has 0 bridgehead atoms. The lowest BCUT2D eigenvalue weighted by molar-refractivity contribution is 0.0698. The average molecular weight is 372 g/mol. The van der Waals surface area contributed by atoms with E-state index >= 15 is 0 Å². The Balaban J connectivity index is 1.64. The van der Waals surface area contributed by atoms with E-state index in [0.29, 0.717) is 36.6 Å². The van der Waals surface area contributed by atoms with Crippen LogP contribution >= 0.6 is 0 Å². The minimum Gasteiger partial charge on any atom is -0.336 e. The first-order valence-electron chi connectivity index (χ1n) is 8.96. The summed E-state index contributed by atoms with van der Waals surface area (Å²) in [4.78, 5) is 14.7. The van der Waals surface area contributed by atoms with Gasteiger partial charge in [-0.25, -0.2) is 8.42 Å². The van der Waals surface area contributed by atoms with Crippen molar-refractivity contribution in [3.63, 3.8) is 0 Å². The number of sulfonamides is 1. The lowest BCUT2D eigenvalue weighted by atomic mass is 10.1. The van der Waals surface area contributed by atoms with Gasteiger partial charge in [0.2, 0.25) is 10.0 Å². The third-order valence-electron chi connectivity index (χ3n) is 4.65. The second-order valence-corrected chi connectivity index (χ2v) is 8.39. The first-order valence-corrected chi connectivity index (χ1v) is 10.4. The standard InChI is InChI=1S/C20H24N2O3S/c1-2-6-17-9-11-18(12-10-17)20(23)21-13-15-22(16-14-21)26(24,25)19-7-4-3-5-8-19/h3-5,7-12H,2,6,13-16H2,1H3. The summed E-state index contributed by atoms with van der Waals surface area (Å²) in [6, 6.07) is 16.1. The first kappa shape index (κ1) is 18.6. The van der Waals surface area contributed by atoms with Gasteiger partial charge in [0.1, 0.15) is 0 Å². The number of rotatable bonds is 5. The molecule has 1 fully saturated rings. The fourth-order valence-electron chi connectivity index (χ4n) is 3.16. The van der Waals surface area contributed by atoms with Crippen LogP contribution in [0.2, 0.25) is 0 Å². The molecule has 0 saturated carbocycles. The van der Waals surface area contributed by atoms with Gasteiger partial charge in [-0.3, -0.25) is 4.79 Å². The molecule has 0 unspecified atom stereocenters. The highest BCUT2D eigenvalue weighted by Crippen LogP contribution is 2.18. The number of carbonyl (C=O) groups is 1. The zero-order valence-electron chi connectivity index (χ0n) is 15.0. The highest BCUT2D eigenvalue weighted by Gasteiger charge is 2.30. The van der Waals surface area contributed by atoms with E-state index in [4.69, 9.17) is 0 Å². The van der Waals surface area contributed by atoms with Gasteiger partial charge in [-0.2, -0.15) is 4.31 Å². The van der Waals surface area contributed by atoms with Crippen LogP contribution in [0.15, 0.2) is 59.5 Å². The van der Waals surface area contributed by atoms with Crippen LogP contribution in [0.1, 0.15) is 29.3 Å². The van der Waals surface area contributed by atoms with Crippen molar-refractivity contribution in [2.75, 3.05) is 26.2 Å². The summed E-state index contributed by atoms with van der Waals surface area (Å²) in [5.41, 5.74) is 1.88. The summed E-state index contributed by atoms with van der Waals surface area (Å²) in [6.07, 6.45) is 2.08. The monoisotopic (exact) mass is 372 g/mol. The summed E-state index contributed by atoms with van der Waals surface area (Å²) < 4.78 is 26.8. The maximum Gasteiger partial charge on any atom is 0.253 e. The Morgan fingerprint density at radius 2 is 1.54 bits per heavy atom. The van der Waals surface area contributed by atoms with E-state index in [0.717, 1.165) is 12.8 Å². The molecule has 3 rings (SSSR count). The third-order valence-corrected chi connectivity index (χ3v) is 6.56. The van der Waals surface area contributed by atoms with Gasteiger partial charge >= 0.3 is 0 Å². The zero-order chi connectivity index (χ0) is 18.6. The molecule has 1 aliphatic rings. The van der Waals surface area contributed by atoms with Crippen molar-refractivity contribution in [3.8, 4) is 0 Å². The van der Waals surface area contributed by atoms with Gasteiger partial charge in [-0.05, 0) is 36.2 Å². The normalized spacial score (nSPS) is 15.8. The number of aryl methyl sites for hydroxylation is 1. The van der Waals surface area contributed by atoms with Gasteiger partial charge in [-0.1, -0.05) is 43.7 Å².